The molecule has 0 spiro atoms. The van der Waals surface area contributed by atoms with Crippen LogP contribution >= 0.6 is 46.4 Å². The van der Waals surface area contributed by atoms with Crippen molar-refractivity contribution in [1.29, 1.82) is 0 Å². The van der Waals surface area contributed by atoms with Crippen LogP contribution in [0.15, 0.2) is 0 Å². The number of rotatable bonds is 0. The molecule has 0 saturated heterocycles. The lowest BCUT2D eigenvalue weighted by Gasteiger charge is -2.02. The van der Waals surface area contributed by atoms with Crippen LogP contribution in [0, 0.1) is 23.7 Å². The van der Waals surface area contributed by atoms with E-state index in [2.05, 4.69) is 0 Å². The van der Waals surface area contributed by atoms with E-state index in [0.29, 0.717) is 23.7 Å². The molecule has 0 aromatic heterocycles. The van der Waals surface area contributed by atoms with E-state index in [-0.39, 0.29) is 0 Å². The van der Waals surface area contributed by atoms with Crippen molar-refractivity contribution in [3.8, 4) is 0 Å². The van der Waals surface area contributed by atoms with E-state index in [9.17, 15) is 0 Å². The molecule has 0 amide bonds. The second-order valence-electron chi connectivity index (χ2n) is 4.93. The Balaban J connectivity index is 1.71. The average Bonchev–Trinajstić information content (AvgIpc) is 2.67. The van der Waals surface area contributed by atoms with Gasteiger partial charge in [0.2, 0.25) is 0 Å². The van der Waals surface area contributed by atoms with E-state index in [1.54, 1.807) is 0 Å². The molecule has 80 valence electrons. The van der Waals surface area contributed by atoms with Crippen molar-refractivity contribution in [2.24, 2.45) is 23.7 Å². The van der Waals surface area contributed by atoms with Gasteiger partial charge in [-0.15, -0.1) is 46.4 Å². The van der Waals surface area contributed by atoms with Gasteiger partial charge in [0.25, 0.3) is 0 Å². The molecular weight excluding hydrogens is 262 g/mol. The normalized spacial score (nSPS) is 52.3. The summed E-state index contributed by atoms with van der Waals surface area (Å²) < 4.78 is -0.865. The summed E-state index contributed by atoms with van der Waals surface area (Å²) in [6.45, 7) is 0. The minimum absolute atomic E-state index is 0.432. The third-order valence-corrected chi connectivity index (χ3v) is 6.55. The maximum absolute atomic E-state index is 6.19. The van der Waals surface area contributed by atoms with Gasteiger partial charge in [0.15, 0.2) is 0 Å². The van der Waals surface area contributed by atoms with Gasteiger partial charge < -0.3 is 0 Å². The summed E-state index contributed by atoms with van der Waals surface area (Å²) in [7, 11) is 0. The van der Waals surface area contributed by atoms with Crippen LogP contribution in [-0.4, -0.2) is 8.67 Å². The van der Waals surface area contributed by atoms with Crippen molar-refractivity contribution in [3.63, 3.8) is 0 Å². The zero-order valence-electron chi connectivity index (χ0n) is 7.65. The lowest BCUT2D eigenvalue weighted by molar-refractivity contribution is 0.468. The van der Waals surface area contributed by atoms with Gasteiger partial charge in [-0.05, 0) is 49.4 Å². The van der Waals surface area contributed by atoms with E-state index in [4.69, 9.17) is 46.4 Å². The van der Waals surface area contributed by atoms with Crippen LogP contribution in [0.2, 0.25) is 0 Å². The van der Waals surface area contributed by atoms with E-state index >= 15 is 0 Å². The van der Waals surface area contributed by atoms with Gasteiger partial charge in [-0.25, -0.2) is 0 Å². The number of hydrogen-bond acceptors (Lipinski definition) is 0. The summed E-state index contributed by atoms with van der Waals surface area (Å²) in [5.41, 5.74) is 0. The quantitative estimate of drug-likeness (QED) is 0.574. The van der Waals surface area contributed by atoms with Crippen LogP contribution in [0.3, 0.4) is 0 Å². The van der Waals surface area contributed by atoms with Gasteiger partial charge in [-0.3, -0.25) is 0 Å². The van der Waals surface area contributed by atoms with Gasteiger partial charge in [-0.2, -0.15) is 0 Å². The van der Waals surface area contributed by atoms with E-state index in [0.717, 1.165) is 25.7 Å². The highest BCUT2D eigenvalue weighted by atomic mass is 35.5. The SMILES string of the molecule is ClC1(Cl)[C@@H]2CC[C@H]3[C@@H](CC[C@@H]21)C3(Cl)Cl. The van der Waals surface area contributed by atoms with Crippen molar-refractivity contribution in [2.75, 3.05) is 0 Å². The fourth-order valence-corrected chi connectivity index (χ4v) is 5.05. The molecule has 3 rings (SSSR count). The van der Waals surface area contributed by atoms with E-state index < -0.39 is 8.67 Å². The van der Waals surface area contributed by atoms with Crippen LogP contribution < -0.4 is 0 Å². The first-order valence-corrected chi connectivity index (χ1v) is 6.72. The van der Waals surface area contributed by atoms with Gasteiger partial charge in [0.1, 0.15) is 8.67 Å². The highest BCUT2D eigenvalue weighted by Crippen LogP contribution is 2.70. The second kappa shape index (κ2) is 2.88. The van der Waals surface area contributed by atoms with Crippen molar-refractivity contribution >= 4 is 46.4 Å². The lowest BCUT2D eigenvalue weighted by Crippen LogP contribution is -1.95. The van der Waals surface area contributed by atoms with Crippen molar-refractivity contribution in [3.05, 3.63) is 0 Å². The smallest absolute Gasteiger partial charge is 0.101 e. The zero-order valence-corrected chi connectivity index (χ0v) is 10.7. The molecule has 0 bridgehead atoms. The van der Waals surface area contributed by atoms with Crippen LogP contribution in [0.1, 0.15) is 25.7 Å². The minimum Gasteiger partial charge on any atom is -0.101 e. The number of alkyl halides is 4. The third-order valence-electron chi connectivity index (χ3n) is 4.31. The monoisotopic (exact) mass is 272 g/mol. The standard InChI is InChI=1S/C10H12Cl4/c11-9(12)5-1-2-6-8(10(6,13)14)4-3-7(5)9/h5-8H,1-4H2/t5-,6+,7+,8-. The predicted octanol–water partition coefficient (Wildman–Crippen LogP) is 4.40. The Labute approximate surface area is 104 Å². The minimum atomic E-state index is -0.432. The molecule has 3 aliphatic rings. The molecule has 0 radical (unpaired) electrons. The van der Waals surface area contributed by atoms with Crippen LogP contribution in [-0.2, 0) is 0 Å². The zero-order chi connectivity index (χ0) is 10.1. The Morgan fingerprint density at radius 3 is 1.00 bits per heavy atom. The summed E-state index contributed by atoms with van der Waals surface area (Å²) in [5.74, 6) is 1.99. The number of fused-ring (bicyclic) bond motifs is 2. The number of hydrogen-bond donors (Lipinski definition) is 0. The van der Waals surface area contributed by atoms with Crippen LogP contribution in [0.5, 0.6) is 0 Å². The molecule has 0 aliphatic heterocycles. The Hall–Kier alpha value is 1.16. The van der Waals surface area contributed by atoms with Gasteiger partial charge in [-0.1, -0.05) is 0 Å². The van der Waals surface area contributed by atoms with Gasteiger partial charge in [0.05, 0.1) is 0 Å². The Kier molecular flexibility index (Phi) is 2.13. The number of halogens is 4. The summed E-state index contributed by atoms with van der Waals surface area (Å²) >= 11 is 24.8. The molecule has 0 unspecified atom stereocenters. The molecule has 0 aromatic carbocycles. The largest absolute Gasteiger partial charge is 0.124 e. The first-order chi connectivity index (χ1) is 6.45. The second-order valence-corrected chi connectivity index (χ2v) is 7.82. The fraction of sp³-hybridized carbons (Fsp3) is 1.00. The third kappa shape index (κ3) is 1.27. The highest BCUT2D eigenvalue weighted by Gasteiger charge is 2.68. The summed E-state index contributed by atoms with van der Waals surface area (Å²) in [5, 5.41) is 0. The first-order valence-electron chi connectivity index (χ1n) is 5.21. The molecule has 3 aliphatic carbocycles. The molecule has 4 atom stereocenters. The van der Waals surface area contributed by atoms with Crippen LogP contribution in [0.4, 0.5) is 0 Å². The van der Waals surface area contributed by atoms with Crippen molar-refractivity contribution in [1.82, 2.24) is 0 Å². The molecule has 0 aromatic rings. The molecule has 0 N–H and O–H groups in total. The molecule has 14 heavy (non-hydrogen) atoms. The first kappa shape index (κ1) is 10.3. The predicted molar refractivity (Wildman–Crippen MR) is 61.3 cm³/mol. The Bertz CT molecular complexity index is 221. The van der Waals surface area contributed by atoms with E-state index in [1.165, 1.54) is 0 Å². The topological polar surface area (TPSA) is 0 Å². The lowest BCUT2D eigenvalue weighted by atomic mass is 10.0. The summed E-state index contributed by atoms with van der Waals surface area (Å²) in [6, 6.07) is 0. The van der Waals surface area contributed by atoms with Crippen molar-refractivity contribution in [2.45, 2.75) is 34.3 Å². The molecule has 0 nitrogen and oxygen atoms in total. The highest BCUT2D eigenvalue weighted by molar-refractivity contribution is 6.52. The van der Waals surface area contributed by atoms with Crippen LogP contribution in [0.25, 0.3) is 0 Å². The van der Waals surface area contributed by atoms with Gasteiger partial charge >= 0.3 is 0 Å². The van der Waals surface area contributed by atoms with Crippen molar-refractivity contribution < 1.29 is 0 Å². The maximum Gasteiger partial charge on any atom is 0.124 e. The summed E-state index contributed by atoms with van der Waals surface area (Å²) in [6.07, 6.45) is 4.39. The molecule has 3 saturated carbocycles. The fourth-order valence-electron chi connectivity index (χ4n) is 3.21. The Morgan fingerprint density at radius 2 is 0.786 bits per heavy atom. The van der Waals surface area contributed by atoms with Gasteiger partial charge in [0, 0.05) is 0 Å². The van der Waals surface area contributed by atoms with E-state index in [1.807, 2.05) is 0 Å². The summed E-state index contributed by atoms with van der Waals surface area (Å²) in [4.78, 5) is 0. The average molecular weight is 274 g/mol. The molecular formula is C10H12Cl4. The molecule has 4 heteroatoms. The maximum atomic E-state index is 6.19. The molecule has 3 fully saturated rings. The molecule has 0 heterocycles. The Morgan fingerprint density at radius 1 is 0.571 bits per heavy atom.